The first kappa shape index (κ1) is 27.6. The van der Waals surface area contributed by atoms with Crippen molar-refractivity contribution in [2.45, 2.75) is 39.1 Å². The zero-order valence-electron chi connectivity index (χ0n) is 21.5. The summed E-state index contributed by atoms with van der Waals surface area (Å²) in [6.07, 6.45) is 0. The molecule has 0 saturated carbocycles. The Labute approximate surface area is 211 Å². The minimum Gasteiger partial charge on any atom is -0.383 e. The van der Waals surface area contributed by atoms with Gasteiger partial charge in [0.25, 0.3) is 11.5 Å². The largest absolute Gasteiger partial charge is 0.383 e. The van der Waals surface area contributed by atoms with Crippen LogP contribution in [0, 0.1) is 11.8 Å². The van der Waals surface area contributed by atoms with Gasteiger partial charge in [-0.05, 0) is 37.1 Å². The second-order valence-electron chi connectivity index (χ2n) is 10.0. The van der Waals surface area contributed by atoms with E-state index in [4.69, 9.17) is 5.73 Å². The normalized spacial score (nSPS) is 15.5. The number of amides is 1. The highest BCUT2D eigenvalue weighted by molar-refractivity contribution is 7.89. The third kappa shape index (κ3) is 5.88. The second kappa shape index (κ2) is 11.0. The van der Waals surface area contributed by atoms with Gasteiger partial charge in [0.15, 0.2) is 5.69 Å². The third-order valence-electron chi connectivity index (χ3n) is 6.01. The van der Waals surface area contributed by atoms with Crippen LogP contribution >= 0.6 is 0 Å². The van der Waals surface area contributed by atoms with Crippen molar-refractivity contribution in [1.82, 2.24) is 18.8 Å². The number of nitrogens with zero attached hydrogens (tertiary/aromatic N) is 4. The molecule has 1 aliphatic rings. The molecule has 0 radical (unpaired) electrons. The zero-order chi connectivity index (χ0) is 26.8. The molecule has 0 unspecified atom stereocenters. The number of nitrogens with one attached hydrogen (secondary N) is 1. The number of nitrogens with two attached hydrogens (primary N) is 1. The van der Waals surface area contributed by atoms with Crippen LogP contribution in [0.15, 0.2) is 38.8 Å². The van der Waals surface area contributed by atoms with Crippen molar-refractivity contribution < 1.29 is 13.2 Å². The van der Waals surface area contributed by atoms with Crippen molar-refractivity contribution in [2.24, 2.45) is 11.8 Å². The van der Waals surface area contributed by atoms with Crippen molar-refractivity contribution in [3.8, 4) is 0 Å². The standard InChI is InChI=1S/C24H36N6O5S/c1-16(2)14-29(20-21(25)30(15-17(3)4)24(33)26-22(20)31)23(32)18-7-6-8-19(13-18)36(34,35)28-11-9-27(5)10-12-28/h6-8,13,16-17H,9-12,14-15,25H2,1-5H3,(H,26,31,33). The minimum absolute atomic E-state index is 0.00839. The number of benzene rings is 1. The van der Waals surface area contributed by atoms with E-state index in [0.29, 0.717) is 26.2 Å². The van der Waals surface area contributed by atoms with Crippen LogP contribution < -0.4 is 21.9 Å². The lowest BCUT2D eigenvalue weighted by molar-refractivity contribution is 0.0983. The molecule has 11 nitrogen and oxygen atoms in total. The van der Waals surface area contributed by atoms with Crippen LogP contribution in [0.25, 0.3) is 0 Å². The number of aromatic nitrogens is 2. The lowest BCUT2D eigenvalue weighted by Gasteiger charge is -2.31. The number of carbonyl (C=O) groups is 1. The summed E-state index contributed by atoms with van der Waals surface area (Å²) >= 11 is 0. The number of hydrogen-bond donors (Lipinski definition) is 2. The number of likely N-dealkylation sites (N-methyl/N-ethyl adjacent to an activating group) is 1. The van der Waals surface area contributed by atoms with Crippen molar-refractivity contribution >= 4 is 27.4 Å². The maximum Gasteiger partial charge on any atom is 0.330 e. The molecule has 3 rings (SSSR count). The second-order valence-corrected chi connectivity index (χ2v) is 12.0. The van der Waals surface area contributed by atoms with Gasteiger partial charge in [0.05, 0.1) is 4.90 Å². The molecule has 2 heterocycles. The Morgan fingerprint density at radius 3 is 2.31 bits per heavy atom. The van der Waals surface area contributed by atoms with Gasteiger partial charge in [-0.1, -0.05) is 33.8 Å². The summed E-state index contributed by atoms with van der Waals surface area (Å²) in [4.78, 5) is 44.6. The summed E-state index contributed by atoms with van der Waals surface area (Å²) < 4.78 is 29.2. The molecular weight excluding hydrogens is 484 g/mol. The number of hydrogen-bond acceptors (Lipinski definition) is 7. The van der Waals surface area contributed by atoms with Gasteiger partial charge >= 0.3 is 5.69 Å². The minimum atomic E-state index is -3.80. The van der Waals surface area contributed by atoms with Crippen molar-refractivity contribution in [3.05, 3.63) is 50.7 Å². The Morgan fingerprint density at radius 1 is 1.08 bits per heavy atom. The van der Waals surface area contributed by atoms with Crippen LogP contribution in [0.4, 0.5) is 11.5 Å². The summed E-state index contributed by atoms with van der Waals surface area (Å²) in [5.74, 6) is -0.663. The zero-order valence-corrected chi connectivity index (χ0v) is 22.3. The van der Waals surface area contributed by atoms with Gasteiger partial charge in [0.1, 0.15) is 5.82 Å². The molecule has 1 amide bonds. The van der Waals surface area contributed by atoms with E-state index in [2.05, 4.69) is 9.88 Å². The molecule has 2 aromatic rings. The molecule has 0 spiro atoms. The van der Waals surface area contributed by atoms with E-state index in [9.17, 15) is 22.8 Å². The number of anilines is 2. The maximum absolute atomic E-state index is 13.7. The third-order valence-corrected chi connectivity index (χ3v) is 7.90. The topological polar surface area (TPSA) is 142 Å². The highest BCUT2D eigenvalue weighted by Gasteiger charge is 2.30. The molecule has 1 aromatic heterocycles. The van der Waals surface area contributed by atoms with Crippen LogP contribution in [0.1, 0.15) is 38.1 Å². The van der Waals surface area contributed by atoms with E-state index < -0.39 is 27.2 Å². The van der Waals surface area contributed by atoms with Crippen molar-refractivity contribution in [1.29, 1.82) is 0 Å². The molecule has 1 fully saturated rings. The van der Waals surface area contributed by atoms with Crippen LogP contribution in [0.2, 0.25) is 0 Å². The fourth-order valence-corrected chi connectivity index (χ4v) is 5.62. The van der Waals surface area contributed by atoms with Gasteiger partial charge in [0, 0.05) is 44.8 Å². The SMILES string of the molecule is CC(C)CN(C(=O)c1cccc(S(=O)(=O)N2CCN(C)CC2)c1)c1c(N)n(CC(C)C)c(=O)[nH]c1=O. The summed E-state index contributed by atoms with van der Waals surface area (Å²) in [7, 11) is -1.86. The lowest BCUT2D eigenvalue weighted by atomic mass is 10.1. The van der Waals surface area contributed by atoms with Gasteiger partial charge in [-0.2, -0.15) is 4.31 Å². The van der Waals surface area contributed by atoms with E-state index in [-0.39, 0.29) is 46.9 Å². The number of H-pyrrole nitrogens is 1. The fraction of sp³-hybridized carbons (Fsp3) is 0.542. The quantitative estimate of drug-likeness (QED) is 0.529. The van der Waals surface area contributed by atoms with E-state index in [1.165, 1.54) is 38.0 Å². The summed E-state index contributed by atoms with van der Waals surface area (Å²) in [6.45, 7) is 9.92. The van der Waals surface area contributed by atoms with E-state index in [1.54, 1.807) is 0 Å². The van der Waals surface area contributed by atoms with E-state index in [0.717, 1.165) is 0 Å². The van der Waals surface area contributed by atoms with Gasteiger partial charge in [0.2, 0.25) is 10.0 Å². The molecule has 1 aliphatic heterocycles. The molecule has 1 saturated heterocycles. The average Bonchev–Trinajstić information content (AvgIpc) is 2.80. The molecule has 12 heteroatoms. The van der Waals surface area contributed by atoms with Gasteiger partial charge in [-0.3, -0.25) is 19.1 Å². The highest BCUT2D eigenvalue weighted by atomic mass is 32.2. The number of sulfonamides is 1. The monoisotopic (exact) mass is 520 g/mol. The van der Waals surface area contributed by atoms with Gasteiger partial charge in [-0.15, -0.1) is 0 Å². The van der Waals surface area contributed by atoms with E-state index >= 15 is 0 Å². The molecule has 198 valence electrons. The molecule has 1 aromatic carbocycles. The molecule has 36 heavy (non-hydrogen) atoms. The number of nitrogen functional groups attached to an aromatic ring is 1. The first-order valence-corrected chi connectivity index (χ1v) is 13.5. The molecule has 0 atom stereocenters. The Balaban J connectivity index is 2.06. The number of carbonyl (C=O) groups excluding carboxylic acids is 1. The Bertz CT molecular complexity index is 1320. The predicted molar refractivity (Wildman–Crippen MR) is 140 cm³/mol. The molecule has 3 N–H and O–H groups in total. The van der Waals surface area contributed by atoms with Crippen LogP contribution in [-0.4, -0.2) is 72.9 Å². The molecule has 0 aliphatic carbocycles. The van der Waals surface area contributed by atoms with E-state index in [1.807, 2.05) is 34.7 Å². The molecule has 0 bridgehead atoms. The smallest absolute Gasteiger partial charge is 0.330 e. The summed E-state index contributed by atoms with van der Waals surface area (Å²) in [6, 6.07) is 5.81. The van der Waals surface area contributed by atoms with Crippen LogP contribution in [-0.2, 0) is 16.6 Å². The first-order valence-electron chi connectivity index (χ1n) is 12.1. The van der Waals surface area contributed by atoms with Crippen LogP contribution in [0.5, 0.6) is 0 Å². The number of aromatic amines is 1. The Morgan fingerprint density at radius 2 is 1.72 bits per heavy atom. The van der Waals surface area contributed by atoms with Gasteiger partial charge in [-0.25, -0.2) is 13.2 Å². The Kier molecular flexibility index (Phi) is 8.42. The average molecular weight is 521 g/mol. The maximum atomic E-state index is 13.7. The predicted octanol–water partition coefficient (Wildman–Crippen LogP) is 1.01. The molecular formula is C24H36N6O5S. The summed E-state index contributed by atoms with van der Waals surface area (Å²) in [5, 5.41) is 0. The van der Waals surface area contributed by atoms with Crippen molar-refractivity contribution in [2.75, 3.05) is 50.4 Å². The first-order chi connectivity index (χ1) is 16.8. The lowest BCUT2D eigenvalue weighted by Crippen LogP contribution is -2.47. The number of rotatable bonds is 8. The number of piperazine rings is 1. The van der Waals surface area contributed by atoms with Crippen LogP contribution in [0.3, 0.4) is 0 Å². The fourth-order valence-electron chi connectivity index (χ4n) is 4.15. The summed E-state index contributed by atoms with van der Waals surface area (Å²) in [5.41, 5.74) is 4.84. The highest BCUT2D eigenvalue weighted by Crippen LogP contribution is 2.24. The van der Waals surface area contributed by atoms with Crippen molar-refractivity contribution in [3.63, 3.8) is 0 Å². The Hall–Kier alpha value is -2.96. The van der Waals surface area contributed by atoms with Gasteiger partial charge < -0.3 is 15.5 Å².